The van der Waals surface area contributed by atoms with Gasteiger partial charge in [0.15, 0.2) is 5.69 Å². The second-order valence-corrected chi connectivity index (χ2v) is 13.9. The maximum Gasteiger partial charge on any atom is 0.210 e. The molecule has 5 heteroatoms. The highest BCUT2D eigenvalue weighted by Crippen LogP contribution is 2.43. The minimum Gasteiger partial charge on any atom is -0.320 e. The highest BCUT2D eigenvalue weighted by molar-refractivity contribution is 6.17. The molecule has 0 aliphatic carbocycles. The lowest BCUT2D eigenvalue weighted by Gasteiger charge is -2.14. The number of hydrogen-bond donors (Lipinski definition) is 0. The molecule has 0 unspecified atom stereocenters. The molecule has 11 rings (SSSR count). The van der Waals surface area contributed by atoms with Crippen LogP contribution in [-0.4, -0.2) is 13.7 Å². The summed E-state index contributed by atoms with van der Waals surface area (Å²) < 4.78 is 6.93. The van der Waals surface area contributed by atoms with Crippen molar-refractivity contribution in [1.29, 1.82) is 0 Å². The third-order valence-corrected chi connectivity index (χ3v) is 11.1. The standard InChI is InChI=1S/C50H29N5/c1-51-39-29-28-33(31-48(39)55-44-24-10-5-18-37(44)49-40(52-2)20-12-25-45(49)55)32-14-11-15-34(30-32)53-43-23-9-6-19-38(43)50-46(53)26-13-27-47(50)54-41-21-7-3-16-35(41)36-17-4-8-22-42(36)54/h3-31H. The van der Waals surface area contributed by atoms with Gasteiger partial charge in [-0.1, -0.05) is 115 Å². The molecule has 0 bridgehead atoms. The van der Waals surface area contributed by atoms with E-state index in [1.54, 1.807) is 0 Å². The molecule has 0 aliphatic rings. The number of rotatable bonds is 4. The van der Waals surface area contributed by atoms with Gasteiger partial charge in [-0.2, -0.15) is 0 Å². The summed E-state index contributed by atoms with van der Waals surface area (Å²) in [6.45, 7) is 16.1. The van der Waals surface area contributed by atoms with Gasteiger partial charge < -0.3 is 13.7 Å². The Balaban J connectivity index is 1.13. The van der Waals surface area contributed by atoms with Crippen LogP contribution in [0, 0.1) is 13.1 Å². The zero-order chi connectivity index (χ0) is 36.6. The van der Waals surface area contributed by atoms with E-state index < -0.39 is 0 Å². The average molecular weight is 700 g/mol. The van der Waals surface area contributed by atoms with Gasteiger partial charge in [-0.25, -0.2) is 9.69 Å². The van der Waals surface area contributed by atoms with Gasteiger partial charge in [0.25, 0.3) is 0 Å². The summed E-state index contributed by atoms with van der Waals surface area (Å²) >= 11 is 0. The zero-order valence-electron chi connectivity index (χ0n) is 29.5. The Labute approximate surface area is 316 Å². The summed E-state index contributed by atoms with van der Waals surface area (Å²) in [5, 5.41) is 6.77. The zero-order valence-corrected chi connectivity index (χ0v) is 29.5. The molecular formula is C50H29N5. The number of para-hydroxylation sites is 4. The minimum atomic E-state index is 0.552. The van der Waals surface area contributed by atoms with E-state index in [1.165, 1.54) is 32.6 Å². The molecule has 0 radical (unpaired) electrons. The molecule has 0 saturated carbocycles. The molecule has 0 fully saturated rings. The van der Waals surface area contributed by atoms with E-state index in [-0.39, 0.29) is 0 Å². The maximum absolute atomic E-state index is 8.16. The summed E-state index contributed by atoms with van der Waals surface area (Å²) in [6, 6.07) is 61.4. The maximum atomic E-state index is 8.16. The Morgan fingerprint density at radius 1 is 0.327 bits per heavy atom. The molecule has 0 aliphatic heterocycles. The summed E-state index contributed by atoms with van der Waals surface area (Å²) in [7, 11) is 0. The van der Waals surface area contributed by atoms with Crippen LogP contribution in [0.5, 0.6) is 0 Å². The molecule has 0 amide bonds. The van der Waals surface area contributed by atoms with Crippen molar-refractivity contribution in [2.75, 3.05) is 0 Å². The van der Waals surface area contributed by atoms with Gasteiger partial charge in [0.1, 0.15) is 0 Å². The highest BCUT2D eigenvalue weighted by atomic mass is 15.0. The molecule has 5 nitrogen and oxygen atoms in total. The fourth-order valence-electron chi connectivity index (χ4n) is 8.80. The number of hydrogen-bond acceptors (Lipinski definition) is 0. The van der Waals surface area contributed by atoms with Gasteiger partial charge in [0, 0.05) is 38.1 Å². The van der Waals surface area contributed by atoms with Crippen LogP contribution in [0.3, 0.4) is 0 Å². The Bertz CT molecular complexity index is 3420. The first-order valence-electron chi connectivity index (χ1n) is 18.3. The highest BCUT2D eigenvalue weighted by Gasteiger charge is 2.21. The van der Waals surface area contributed by atoms with Crippen molar-refractivity contribution in [2.24, 2.45) is 0 Å². The first kappa shape index (κ1) is 30.7. The van der Waals surface area contributed by atoms with E-state index in [2.05, 4.69) is 157 Å². The van der Waals surface area contributed by atoms with Crippen molar-refractivity contribution in [3.8, 4) is 28.2 Å². The van der Waals surface area contributed by atoms with Crippen LogP contribution in [-0.2, 0) is 0 Å². The lowest BCUT2D eigenvalue weighted by molar-refractivity contribution is 1.17. The van der Waals surface area contributed by atoms with E-state index in [0.29, 0.717) is 11.4 Å². The normalized spacial score (nSPS) is 11.6. The van der Waals surface area contributed by atoms with Gasteiger partial charge in [0.05, 0.1) is 52.1 Å². The number of benzene rings is 8. The minimum absolute atomic E-state index is 0.552. The molecule has 0 spiro atoms. The van der Waals surface area contributed by atoms with Gasteiger partial charge in [-0.05, 0) is 77.2 Å². The fourth-order valence-corrected chi connectivity index (χ4v) is 8.80. The van der Waals surface area contributed by atoms with Crippen molar-refractivity contribution < 1.29 is 0 Å². The smallest absolute Gasteiger partial charge is 0.210 e. The second-order valence-electron chi connectivity index (χ2n) is 13.9. The quantitative estimate of drug-likeness (QED) is 0.163. The van der Waals surface area contributed by atoms with Crippen LogP contribution in [0.2, 0.25) is 0 Å². The van der Waals surface area contributed by atoms with Crippen molar-refractivity contribution in [3.05, 3.63) is 199 Å². The Kier molecular flexibility index (Phi) is 6.61. The number of nitrogens with zero attached hydrogens (tertiary/aromatic N) is 5. The predicted molar refractivity (Wildman–Crippen MR) is 227 cm³/mol. The molecule has 55 heavy (non-hydrogen) atoms. The molecule has 0 atom stereocenters. The Morgan fingerprint density at radius 2 is 0.818 bits per heavy atom. The third-order valence-electron chi connectivity index (χ3n) is 11.1. The van der Waals surface area contributed by atoms with Crippen LogP contribution >= 0.6 is 0 Å². The Morgan fingerprint density at radius 3 is 1.49 bits per heavy atom. The SMILES string of the molecule is [C-]#[N+]c1ccc(-c2cccc(-n3c4ccccc4c4c(-n5c6ccccc6c6ccccc65)cccc43)c2)cc1-n1c2ccccc2c2c([N+]#[C-])cccc21. The van der Waals surface area contributed by atoms with Crippen LogP contribution in [0.15, 0.2) is 176 Å². The molecular weight excluding hydrogens is 671 g/mol. The molecule has 11 aromatic rings. The first-order chi connectivity index (χ1) is 27.2. The lowest BCUT2D eigenvalue weighted by atomic mass is 10.0. The van der Waals surface area contributed by atoms with Gasteiger partial charge in [0.2, 0.25) is 5.69 Å². The summed E-state index contributed by atoms with van der Waals surface area (Å²) in [4.78, 5) is 7.83. The van der Waals surface area contributed by atoms with Gasteiger partial charge in [-0.3, -0.25) is 0 Å². The molecule has 0 N–H and O–H groups in total. The first-order valence-corrected chi connectivity index (χ1v) is 18.3. The lowest BCUT2D eigenvalue weighted by Crippen LogP contribution is -1.97. The monoisotopic (exact) mass is 699 g/mol. The van der Waals surface area contributed by atoms with E-state index in [4.69, 9.17) is 13.1 Å². The van der Waals surface area contributed by atoms with Gasteiger partial charge in [-0.15, -0.1) is 0 Å². The van der Waals surface area contributed by atoms with Crippen LogP contribution in [0.25, 0.3) is 103 Å². The number of fused-ring (bicyclic) bond motifs is 9. The average Bonchev–Trinajstić information content (AvgIpc) is 3.89. The van der Waals surface area contributed by atoms with Crippen LogP contribution in [0.4, 0.5) is 11.4 Å². The van der Waals surface area contributed by atoms with E-state index >= 15 is 0 Å². The van der Waals surface area contributed by atoms with Crippen LogP contribution < -0.4 is 0 Å². The topological polar surface area (TPSA) is 23.5 Å². The van der Waals surface area contributed by atoms with Crippen molar-refractivity contribution in [2.45, 2.75) is 0 Å². The summed E-state index contributed by atoms with van der Waals surface area (Å²) in [5.41, 5.74) is 12.7. The van der Waals surface area contributed by atoms with Crippen molar-refractivity contribution >= 4 is 76.8 Å². The van der Waals surface area contributed by atoms with Crippen molar-refractivity contribution in [3.63, 3.8) is 0 Å². The third kappa shape index (κ3) is 4.39. The summed E-state index contributed by atoms with van der Waals surface area (Å²) in [5.74, 6) is 0. The number of aromatic nitrogens is 3. The summed E-state index contributed by atoms with van der Waals surface area (Å²) in [6.07, 6.45) is 0. The molecule has 8 aromatic carbocycles. The largest absolute Gasteiger partial charge is 0.320 e. The fraction of sp³-hybridized carbons (Fsp3) is 0. The molecule has 254 valence electrons. The van der Waals surface area contributed by atoms with Gasteiger partial charge >= 0.3 is 0 Å². The van der Waals surface area contributed by atoms with E-state index in [1.807, 2.05) is 42.5 Å². The van der Waals surface area contributed by atoms with E-state index in [9.17, 15) is 0 Å². The van der Waals surface area contributed by atoms with Crippen LogP contribution in [0.1, 0.15) is 0 Å². The van der Waals surface area contributed by atoms with E-state index in [0.717, 1.165) is 61.0 Å². The molecule has 3 heterocycles. The molecule has 3 aromatic heterocycles. The Hall–Kier alpha value is -7.86. The van der Waals surface area contributed by atoms with Crippen molar-refractivity contribution in [1.82, 2.24) is 13.7 Å². The second kappa shape index (κ2) is 11.8. The predicted octanol–water partition coefficient (Wildman–Crippen LogP) is 13.7. The molecule has 0 saturated heterocycles.